The van der Waals surface area contributed by atoms with Gasteiger partial charge in [-0.25, -0.2) is 0 Å². The largest absolute Gasteiger partial charge is 0.295 e. The summed E-state index contributed by atoms with van der Waals surface area (Å²) in [5, 5.41) is 16.7. The molecule has 22 heavy (non-hydrogen) atoms. The van der Waals surface area contributed by atoms with Gasteiger partial charge in [-0.2, -0.15) is 5.10 Å². The van der Waals surface area contributed by atoms with Crippen LogP contribution in [0.1, 0.15) is 16.2 Å². The SMILES string of the molecule is Cc1cc(C(=O)Nc2nnc(-c3cccc(Cl)c3)s2)n(C)n1. The third-order valence-electron chi connectivity index (χ3n) is 2.95. The second-order valence-electron chi connectivity index (χ2n) is 4.67. The Kier molecular flexibility index (Phi) is 3.91. The Labute approximate surface area is 135 Å². The van der Waals surface area contributed by atoms with Crippen LogP contribution in [0.4, 0.5) is 5.13 Å². The van der Waals surface area contributed by atoms with Crippen molar-refractivity contribution in [1.29, 1.82) is 0 Å². The Morgan fingerprint density at radius 1 is 1.32 bits per heavy atom. The lowest BCUT2D eigenvalue weighted by Gasteiger charge is -2.00. The molecule has 0 saturated heterocycles. The molecule has 2 heterocycles. The molecule has 112 valence electrons. The van der Waals surface area contributed by atoms with Crippen LogP contribution in [0.3, 0.4) is 0 Å². The van der Waals surface area contributed by atoms with Gasteiger partial charge < -0.3 is 0 Å². The number of halogens is 1. The van der Waals surface area contributed by atoms with Crippen molar-refractivity contribution in [3.8, 4) is 10.6 Å². The van der Waals surface area contributed by atoms with Gasteiger partial charge in [0.15, 0.2) is 0 Å². The summed E-state index contributed by atoms with van der Waals surface area (Å²) in [5.41, 5.74) is 2.11. The van der Waals surface area contributed by atoms with Crippen molar-refractivity contribution >= 4 is 34.0 Å². The van der Waals surface area contributed by atoms with E-state index in [0.29, 0.717) is 20.9 Å². The number of aryl methyl sites for hydroxylation is 2. The van der Waals surface area contributed by atoms with Crippen LogP contribution in [0.5, 0.6) is 0 Å². The van der Waals surface area contributed by atoms with Crippen LogP contribution in [-0.4, -0.2) is 25.9 Å². The predicted octanol–water partition coefficient (Wildman–Crippen LogP) is 3.15. The molecule has 1 aromatic carbocycles. The van der Waals surface area contributed by atoms with Crippen molar-refractivity contribution in [3.05, 3.63) is 46.7 Å². The summed E-state index contributed by atoms with van der Waals surface area (Å²) in [7, 11) is 1.72. The average molecular weight is 334 g/mol. The maximum absolute atomic E-state index is 12.2. The Morgan fingerprint density at radius 3 is 2.82 bits per heavy atom. The lowest BCUT2D eigenvalue weighted by atomic mass is 10.2. The number of hydrogen-bond donors (Lipinski definition) is 1. The second kappa shape index (κ2) is 5.86. The van der Waals surface area contributed by atoms with E-state index >= 15 is 0 Å². The summed E-state index contributed by atoms with van der Waals surface area (Å²) in [6, 6.07) is 9.05. The molecule has 0 radical (unpaired) electrons. The predicted molar refractivity (Wildman–Crippen MR) is 86.3 cm³/mol. The molecule has 1 N–H and O–H groups in total. The second-order valence-corrected chi connectivity index (χ2v) is 6.09. The van der Waals surface area contributed by atoms with Gasteiger partial charge in [0, 0.05) is 17.6 Å². The fourth-order valence-corrected chi connectivity index (χ4v) is 2.92. The number of benzene rings is 1. The lowest BCUT2D eigenvalue weighted by Crippen LogP contribution is -2.15. The summed E-state index contributed by atoms with van der Waals surface area (Å²) in [6.07, 6.45) is 0. The number of carbonyl (C=O) groups excluding carboxylic acids is 1. The van der Waals surface area contributed by atoms with Gasteiger partial charge in [-0.05, 0) is 25.1 Å². The minimum absolute atomic E-state index is 0.267. The summed E-state index contributed by atoms with van der Waals surface area (Å²) in [6.45, 7) is 1.83. The molecule has 2 aromatic heterocycles. The Hall–Kier alpha value is -2.25. The monoisotopic (exact) mass is 333 g/mol. The first kappa shape index (κ1) is 14.7. The van der Waals surface area contributed by atoms with Gasteiger partial charge in [0.25, 0.3) is 5.91 Å². The Morgan fingerprint density at radius 2 is 2.14 bits per heavy atom. The van der Waals surface area contributed by atoms with Crippen molar-refractivity contribution in [2.24, 2.45) is 7.05 Å². The van der Waals surface area contributed by atoms with E-state index in [1.54, 1.807) is 25.2 Å². The van der Waals surface area contributed by atoms with E-state index in [0.717, 1.165) is 11.3 Å². The molecule has 0 unspecified atom stereocenters. The van der Waals surface area contributed by atoms with Gasteiger partial charge in [0.2, 0.25) is 5.13 Å². The average Bonchev–Trinajstić information content (AvgIpc) is 3.05. The zero-order valence-electron chi connectivity index (χ0n) is 11.9. The van der Waals surface area contributed by atoms with Crippen molar-refractivity contribution in [1.82, 2.24) is 20.0 Å². The van der Waals surface area contributed by atoms with E-state index in [-0.39, 0.29) is 5.91 Å². The van der Waals surface area contributed by atoms with Gasteiger partial charge in [0.05, 0.1) is 5.69 Å². The minimum atomic E-state index is -0.267. The van der Waals surface area contributed by atoms with Crippen LogP contribution in [0.15, 0.2) is 30.3 Å². The highest BCUT2D eigenvalue weighted by Crippen LogP contribution is 2.28. The quantitative estimate of drug-likeness (QED) is 0.799. The van der Waals surface area contributed by atoms with Crippen LogP contribution < -0.4 is 5.32 Å². The number of nitrogens with one attached hydrogen (secondary N) is 1. The van der Waals surface area contributed by atoms with E-state index in [2.05, 4.69) is 20.6 Å². The highest BCUT2D eigenvalue weighted by atomic mass is 35.5. The molecule has 0 atom stereocenters. The number of rotatable bonds is 3. The van der Waals surface area contributed by atoms with E-state index in [1.807, 2.05) is 19.1 Å². The van der Waals surface area contributed by atoms with Crippen LogP contribution in [0, 0.1) is 6.92 Å². The Balaban J connectivity index is 1.80. The summed E-state index contributed by atoms with van der Waals surface area (Å²) in [4.78, 5) is 12.2. The molecule has 0 spiro atoms. The topological polar surface area (TPSA) is 72.7 Å². The van der Waals surface area contributed by atoms with Crippen LogP contribution >= 0.6 is 22.9 Å². The maximum atomic E-state index is 12.2. The summed E-state index contributed by atoms with van der Waals surface area (Å²) >= 11 is 7.25. The fourth-order valence-electron chi connectivity index (χ4n) is 2.00. The number of aromatic nitrogens is 4. The van der Waals surface area contributed by atoms with Gasteiger partial charge in [0.1, 0.15) is 10.7 Å². The first-order valence-electron chi connectivity index (χ1n) is 6.44. The molecule has 0 aliphatic heterocycles. The van der Waals surface area contributed by atoms with Crippen molar-refractivity contribution in [2.75, 3.05) is 5.32 Å². The molecular weight excluding hydrogens is 322 g/mol. The maximum Gasteiger partial charge on any atom is 0.275 e. The molecule has 0 fully saturated rings. The molecule has 0 aliphatic rings. The van der Waals surface area contributed by atoms with Gasteiger partial charge in [-0.15, -0.1) is 10.2 Å². The van der Waals surface area contributed by atoms with E-state index < -0.39 is 0 Å². The summed E-state index contributed by atoms with van der Waals surface area (Å²) in [5.74, 6) is -0.267. The van der Waals surface area contributed by atoms with Crippen LogP contribution in [-0.2, 0) is 7.05 Å². The van der Waals surface area contributed by atoms with Crippen molar-refractivity contribution in [2.45, 2.75) is 6.92 Å². The number of carbonyl (C=O) groups is 1. The number of hydrogen-bond acceptors (Lipinski definition) is 5. The molecule has 8 heteroatoms. The van der Waals surface area contributed by atoms with Gasteiger partial charge >= 0.3 is 0 Å². The Bertz CT molecular complexity index is 841. The minimum Gasteiger partial charge on any atom is -0.295 e. The van der Waals surface area contributed by atoms with Gasteiger partial charge in [-0.3, -0.25) is 14.8 Å². The molecular formula is C14H12ClN5OS. The molecule has 3 rings (SSSR count). The van der Waals surface area contributed by atoms with Crippen LogP contribution in [0.25, 0.3) is 10.6 Å². The standard InChI is InChI=1S/C14H12ClN5OS/c1-8-6-11(20(2)19-8)12(21)16-14-18-17-13(22-14)9-4-3-5-10(15)7-9/h3-7H,1-2H3,(H,16,18,21). The summed E-state index contributed by atoms with van der Waals surface area (Å²) < 4.78 is 1.53. The molecule has 0 aliphatic carbocycles. The van der Waals surface area contributed by atoms with Crippen molar-refractivity contribution in [3.63, 3.8) is 0 Å². The molecule has 6 nitrogen and oxygen atoms in total. The van der Waals surface area contributed by atoms with E-state index in [9.17, 15) is 4.79 Å². The third kappa shape index (κ3) is 3.00. The third-order valence-corrected chi connectivity index (χ3v) is 4.07. The zero-order valence-corrected chi connectivity index (χ0v) is 13.4. The first-order chi connectivity index (χ1) is 10.5. The zero-order chi connectivity index (χ0) is 15.7. The van der Waals surface area contributed by atoms with E-state index in [1.165, 1.54) is 16.0 Å². The normalized spacial score (nSPS) is 10.7. The molecule has 1 amide bonds. The molecule has 0 bridgehead atoms. The number of amides is 1. The highest BCUT2D eigenvalue weighted by Gasteiger charge is 2.15. The highest BCUT2D eigenvalue weighted by molar-refractivity contribution is 7.18. The van der Waals surface area contributed by atoms with Crippen molar-refractivity contribution < 1.29 is 4.79 Å². The van der Waals surface area contributed by atoms with Crippen LogP contribution in [0.2, 0.25) is 5.02 Å². The smallest absolute Gasteiger partial charge is 0.275 e. The van der Waals surface area contributed by atoms with Gasteiger partial charge in [-0.1, -0.05) is 35.1 Å². The first-order valence-corrected chi connectivity index (χ1v) is 7.64. The number of anilines is 1. The van der Waals surface area contributed by atoms with E-state index in [4.69, 9.17) is 11.6 Å². The fraction of sp³-hybridized carbons (Fsp3) is 0.143. The molecule has 3 aromatic rings. The lowest BCUT2D eigenvalue weighted by molar-refractivity contribution is 0.101. The number of nitrogens with zero attached hydrogens (tertiary/aromatic N) is 4. The molecule has 0 saturated carbocycles.